The molecule has 0 saturated heterocycles. The Morgan fingerprint density at radius 2 is 2.32 bits per heavy atom. The number of carbonyl (C=O) groups excluding carboxylic acids is 1. The summed E-state index contributed by atoms with van der Waals surface area (Å²) in [6.45, 7) is 4.01. The van der Waals surface area contributed by atoms with E-state index in [0.29, 0.717) is 10.3 Å². The van der Waals surface area contributed by atoms with E-state index in [-0.39, 0.29) is 11.9 Å². The summed E-state index contributed by atoms with van der Waals surface area (Å²) in [6.07, 6.45) is 2.82. The van der Waals surface area contributed by atoms with Crippen LogP contribution in [-0.4, -0.2) is 15.9 Å². The van der Waals surface area contributed by atoms with Crippen LogP contribution in [0.4, 0.5) is 0 Å². The standard InChI is InChI=1S/C13H14BrN3OS/c1-3-9-7-15-13(19-9)8(2)16-12(18)10-5-4-6-11(14)17-10/h4-8H,3H2,1-2H3,(H,16,18). The molecule has 1 amide bonds. The predicted octanol–water partition coefficient (Wildman–Crippen LogP) is 3.35. The number of pyridine rings is 1. The number of halogens is 1. The van der Waals surface area contributed by atoms with Gasteiger partial charge in [-0.3, -0.25) is 4.79 Å². The second kappa shape index (κ2) is 6.25. The first kappa shape index (κ1) is 14.1. The van der Waals surface area contributed by atoms with Crippen LogP contribution in [0.15, 0.2) is 29.0 Å². The number of aryl methyl sites for hydroxylation is 1. The van der Waals surface area contributed by atoms with Crippen LogP contribution in [0.2, 0.25) is 0 Å². The third-order valence-electron chi connectivity index (χ3n) is 2.59. The van der Waals surface area contributed by atoms with Crippen molar-refractivity contribution in [1.82, 2.24) is 15.3 Å². The number of amides is 1. The molecule has 1 N–H and O–H groups in total. The van der Waals surface area contributed by atoms with Gasteiger partial charge in [-0.1, -0.05) is 13.0 Å². The van der Waals surface area contributed by atoms with E-state index in [1.165, 1.54) is 4.88 Å². The lowest BCUT2D eigenvalue weighted by Crippen LogP contribution is -2.27. The molecule has 0 aliphatic rings. The Labute approximate surface area is 124 Å². The summed E-state index contributed by atoms with van der Waals surface area (Å²) in [5.74, 6) is -0.193. The number of thiazole rings is 1. The molecule has 2 heterocycles. The van der Waals surface area contributed by atoms with E-state index < -0.39 is 0 Å². The summed E-state index contributed by atoms with van der Waals surface area (Å²) in [6, 6.07) is 5.15. The van der Waals surface area contributed by atoms with Gasteiger partial charge in [0.15, 0.2) is 0 Å². The van der Waals surface area contributed by atoms with Crippen LogP contribution >= 0.6 is 27.3 Å². The fraction of sp³-hybridized carbons (Fsp3) is 0.308. The Bertz CT molecular complexity index is 585. The topological polar surface area (TPSA) is 54.9 Å². The lowest BCUT2D eigenvalue weighted by Gasteiger charge is -2.10. The van der Waals surface area contributed by atoms with Crippen molar-refractivity contribution in [2.75, 3.05) is 0 Å². The minimum absolute atomic E-state index is 0.112. The Hall–Kier alpha value is -1.27. The van der Waals surface area contributed by atoms with Crippen LogP contribution in [-0.2, 0) is 6.42 Å². The maximum Gasteiger partial charge on any atom is 0.270 e. The van der Waals surface area contributed by atoms with Crippen LogP contribution in [0.25, 0.3) is 0 Å². The molecule has 0 radical (unpaired) electrons. The maximum atomic E-state index is 12.0. The van der Waals surface area contributed by atoms with E-state index >= 15 is 0 Å². The molecule has 1 unspecified atom stereocenters. The number of rotatable bonds is 4. The summed E-state index contributed by atoms with van der Waals surface area (Å²) >= 11 is 4.88. The molecule has 2 aromatic rings. The van der Waals surface area contributed by atoms with Gasteiger partial charge in [0, 0.05) is 11.1 Å². The minimum Gasteiger partial charge on any atom is -0.342 e. The number of nitrogens with zero attached hydrogens (tertiary/aromatic N) is 2. The highest BCUT2D eigenvalue weighted by molar-refractivity contribution is 9.10. The molecule has 2 aromatic heterocycles. The first-order chi connectivity index (χ1) is 9.10. The van der Waals surface area contributed by atoms with E-state index in [0.717, 1.165) is 11.4 Å². The molecule has 2 rings (SSSR count). The SMILES string of the molecule is CCc1cnc(C(C)NC(=O)c2cccc(Br)n2)s1. The Morgan fingerprint density at radius 1 is 1.53 bits per heavy atom. The Morgan fingerprint density at radius 3 is 2.95 bits per heavy atom. The molecule has 19 heavy (non-hydrogen) atoms. The number of nitrogens with one attached hydrogen (secondary N) is 1. The Balaban J connectivity index is 2.06. The normalized spacial score (nSPS) is 12.2. The average Bonchev–Trinajstić information content (AvgIpc) is 2.87. The highest BCUT2D eigenvalue weighted by atomic mass is 79.9. The first-order valence-corrected chi connectivity index (χ1v) is 7.59. The highest BCUT2D eigenvalue weighted by Gasteiger charge is 2.15. The molecular weight excluding hydrogens is 326 g/mol. The zero-order valence-corrected chi connectivity index (χ0v) is 13.1. The second-order valence-corrected chi connectivity index (χ2v) is 6.02. The van der Waals surface area contributed by atoms with Crippen molar-refractivity contribution in [3.63, 3.8) is 0 Å². The van der Waals surface area contributed by atoms with Crippen LogP contribution in [0.1, 0.15) is 40.3 Å². The van der Waals surface area contributed by atoms with Crippen LogP contribution < -0.4 is 5.32 Å². The molecule has 0 saturated carbocycles. The van der Waals surface area contributed by atoms with Gasteiger partial charge < -0.3 is 5.32 Å². The quantitative estimate of drug-likeness (QED) is 0.869. The second-order valence-electron chi connectivity index (χ2n) is 4.06. The number of hydrogen-bond donors (Lipinski definition) is 1. The molecule has 0 aliphatic heterocycles. The number of hydrogen-bond acceptors (Lipinski definition) is 4. The zero-order valence-electron chi connectivity index (χ0n) is 10.7. The highest BCUT2D eigenvalue weighted by Crippen LogP contribution is 2.20. The molecule has 1 atom stereocenters. The van der Waals surface area contributed by atoms with Gasteiger partial charge in [-0.15, -0.1) is 11.3 Å². The zero-order chi connectivity index (χ0) is 13.8. The molecule has 0 aliphatic carbocycles. The van der Waals surface area contributed by atoms with Gasteiger partial charge in [0.25, 0.3) is 5.91 Å². The number of aromatic nitrogens is 2. The van der Waals surface area contributed by atoms with Gasteiger partial charge in [0.05, 0.1) is 6.04 Å². The van der Waals surface area contributed by atoms with E-state index in [1.807, 2.05) is 13.1 Å². The van der Waals surface area contributed by atoms with Crippen molar-refractivity contribution in [2.24, 2.45) is 0 Å². The summed E-state index contributed by atoms with van der Waals surface area (Å²) in [4.78, 5) is 21.7. The molecule has 0 aromatic carbocycles. The lowest BCUT2D eigenvalue weighted by atomic mass is 10.3. The summed E-state index contributed by atoms with van der Waals surface area (Å²) in [5, 5.41) is 3.82. The fourth-order valence-corrected chi connectivity index (χ4v) is 2.76. The van der Waals surface area contributed by atoms with Crippen LogP contribution in [0, 0.1) is 0 Å². The molecule has 6 heteroatoms. The van der Waals surface area contributed by atoms with E-state index in [4.69, 9.17) is 0 Å². The average molecular weight is 340 g/mol. The van der Waals surface area contributed by atoms with Crippen molar-refractivity contribution in [3.05, 3.63) is 44.6 Å². The van der Waals surface area contributed by atoms with Gasteiger partial charge in [0.2, 0.25) is 0 Å². The van der Waals surface area contributed by atoms with Crippen molar-refractivity contribution in [3.8, 4) is 0 Å². The molecule has 100 valence electrons. The fourth-order valence-electron chi connectivity index (χ4n) is 1.55. The third kappa shape index (κ3) is 3.61. The lowest BCUT2D eigenvalue weighted by molar-refractivity contribution is 0.0934. The van der Waals surface area contributed by atoms with Crippen molar-refractivity contribution in [1.29, 1.82) is 0 Å². The summed E-state index contributed by atoms with van der Waals surface area (Å²) in [5.41, 5.74) is 0.397. The molecule has 0 fully saturated rings. The van der Waals surface area contributed by atoms with Crippen molar-refractivity contribution < 1.29 is 4.79 Å². The smallest absolute Gasteiger partial charge is 0.270 e. The van der Waals surface area contributed by atoms with E-state index in [9.17, 15) is 4.79 Å². The van der Waals surface area contributed by atoms with Gasteiger partial charge in [-0.05, 0) is 41.4 Å². The predicted molar refractivity (Wildman–Crippen MR) is 79.3 cm³/mol. The number of carbonyl (C=O) groups is 1. The van der Waals surface area contributed by atoms with E-state index in [2.05, 4.69) is 38.1 Å². The summed E-state index contributed by atoms with van der Waals surface area (Å²) < 4.78 is 0.648. The largest absolute Gasteiger partial charge is 0.342 e. The van der Waals surface area contributed by atoms with Crippen LogP contribution in [0.3, 0.4) is 0 Å². The molecule has 4 nitrogen and oxygen atoms in total. The molecule has 0 bridgehead atoms. The van der Waals surface area contributed by atoms with Gasteiger partial charge in [-0.25, -0.2) is 9.97 Å². The molecular formula is C13H14BrN3OS. The van der Waals surface area contributed by atoms with Crippen LogP contribution in [0.5, 0.6) is 0 Å². The van der Waals surface area contributed by atoms with Gasteiger partial charge in [-0.2, -0.15) is 0 Å². The van der Waals surface area contributed by atoms with Crippen molar-refractivity contribution in [2.45, 2.75) is 26.3 Å². The Kier molecular flexibility index (Phi) is 4.66. The summed E-state index contributed by atoms with van der Waals surface area (Å²) in [7, 11) is 0. The maximum absolute atomic E-state index is 12.0. The molecule has 0 spiro atoms. The first-order valence-electron chi connectivity index (χ1n) is 5.98. The van der Waals surface area contributed by atoms with Gasteiger partial charge >= 0.3 is 0 Å². The minimum atomic E-state index is -0.193. The van der Waals surface area contributed by atoms with E-state index in [1.54, 1.807) is 29.5 Å². The van der Waals surface area contributed by atoms with Crippen molar-refractivity contribution >= 4 is 33.2 Å². The monoisotopic (exact) mass is 339 g/mol. The van der Waals surface area contributed by atoms with Gasteiger partial charge in [0.1, 0.15) is 15.3 Å². The third-order valence-corrected chi connectivity index (χ3v) is 4.35.